The second-order valence-corrected chi connectivity index (χ2v) is 11.4. The number of carbonyl (C=O) groups is 2. The third kappa shape index (κ3) is 7.50. The molecule has 0 atom stereocenters. The molecule has 11 heteroatoms. The van der Waals surface area contributed by atoms with Crippen molar-refractivity contribution in [3.63, 3.8) is 0 Å². The molecule has 44 heavy (non-hydrogen) atoms. The van der Waals surface area contributed by atoms with Gasteiger partial charge in [0.15, 0.2) is 11.6 Å². The molecule has 2 fully saturated rings. The van der Waals surface area contributed by atoms with E-state index in [1.807, 2.05) is 17.9 Å². The molecule has 1 amide bonds. The van der Waals surface area contributed by atoms with E-state index in [1.165, 1.54) is 24.3 Å². The molecule has 0 radical (unpaired) electrons. The Morgan fingerprint density at radius 1 is 0.955 bits per heavy atom. The number of alkyl halides is 3. The Kier molecular flexibility index (Phi) is 9.43. The zero-order valence-electron chi connectivity index (χ0n) is 24.4. The van der Waals surface area contributed by atoms with Crippen LogP contribution in [0.4, 0.5) is 23.2 Å². The van der Waals surface area contributed by atoms with Gasteiger partial charge in [-0.2, -0.15) is 13.2 Å². The molecule has 0 spiro atoms. The minimum absolute atomic E-state index is 0.0564. The topological polar surface area (TPSA) is 82.1 Å². The monoisotopic (exact) mass is 613 g/mol. The molecule has 2 N–H and O–H groups in total. The van der Waals surface area contributed by atoms with Crippen LogP contribution in [0.25, 0.3) is 0 Å². The number of carboxylic acids is 1. The quantitative estimate of drug-likeness (QED) is 0.291. The maximum atomic E-state index is 14.9. The summed E-state index contributed by atoms with van der Waals surface area (Å²) in [6, 6.07) is 14.5. The van der Waals surface area contributed by atoms with E-state index in [2.05, 4.69) is 10.2 Å². The average molecular weight is 614 g/mol. The van der Waals surface area contributed by atoms with Crippen LogP contribution in [0.3, 0.4) is 0 Å². The Bertz CT molecular complexity index is 1480. The van der Waals surface area contributed by atoms with E-state index in [-0.39, 0.29) is 29.4 Å². The Labute approximate surface area is 253 Å². The Hall–Kier alpha value is -4.12. The summed E-state index contributed by atoms with van der Waals surface area (Å²) in [6.07, 6.45) is -2.04. The van der Waals surface area contributed by atoms with Gasteiger partial charge in [-0.1, -0.05) is 12.1 Å². The standard InChI is InChI=1S/C33H35F4N3O4/c1-21-23(3-2-4-28(21)32(42)43)20-39-15-11-25(12-16-39)38-31(41)22-5-10-30(29(34)19-22)44-27-13-17-40(18-14-27)26-8-6-24(7-9-26)33(35,36)37/h2-10,19,25,27H,11-18,20H2,1H3,(H,38,41)(H,42,43). The number of hydrogen-bond donors (Lipinski definition) is 2. The lowest BCUT2D eigenvalue weighted by Gasteiger charge is -2.34. The first kappa shape index (κ1) is 31.3. The smallest absolute Gasteiger partial charge is 0.416 e. The van der Waals surface area contributed by atoms with Crippen molar-refractivity contribution in [2.75, 3.05) is 31.1 Å². The number of likely N-dealkylation sites (tertiary alicyclic amines) is 1. The van der Waals surface area contributed by atoms with Gasteiger partial charge in [0.25, 0.3) is 5.91 Å². The molecular formula is C33H35F4N3O4. The number of anilines is 1. The van der Waals surface area contributed by atoms with Gasteiger partial charge in [-0.3, -0.25) is 9.69 Å². The lowest BCUT2D eigenvalue weighted by Crippen LogP contribution is -2.44. The van der Waals surface area contributed by atoms with Gasteiger partial charge in [0, 0.05) is 62.9 Å². The number of nitrogens with zero attached hydrogens (tertiary/aromatic N) is 2. The molecule has 7 nitrogen and oxygen atoms in total. The number of hydrogen-bond acceptors (Lipinski definition) is 5. The first-order valence-electron chi connectivity index (χ1n) is 14.7. The highest BCUT2D eigenvalue weighted by atomic mass is 19.4. The molecule has 3 aromatic carbocycles. The molecular weight excluding hydrogens is 578 g/mol. The average Bonchev–Trinajstić information content (AvgIpc) is 3.00. The molecule has 0 unspecified atom stereocenters. The van der Waals surface area contributed by atoms with Crippen molar-refractivity contribution >= 4 is 17.6 Å². The fraction of sp³-hybridized carbons (Fsp3) is 0.394. The van der Waals surface area contributed by atoms with Crippen molar-refractivity contribution in [1.82, 2.24) is 10.2 Å². The van der Waals surface area contributed by atoms with Crippen LogP contribution in [0.5, 0.6) is 5.75 Å². The number of carboxylic acid groups (broad SMARTS) is 1. The first-order chi connectivity index (χ1) is 21.0. The maximum absolute atomic E-state index is 14.9. The molecule has 0 bridgehead atoms. The van der Waals surface area contributed by atoms with Crippen LogP contribution in [0, 0.1) is 12.7 Å². The van der Waals surface area contributed by atoms with E-state index >= 15 is 0 Å². The predicted octanol–water partition coefficient (Wildman–Crippen LogP) is 6.29. The zero-order valence-corrected chi connectivity index (χ0v) is 24.4. The largest absolute Gasteiger partial charge is 0.487 e. The normalized spacial score (nSPS) is 17.0. The van der Waals surface area contributed by atoms with Gasteiger partial charge in [0.2, 0.25) is 0 Å². The van der Waals surface area contributed by atoms with Crippen LogP contribution < -0.4 is 15.0 Å². The van der Waals surface area contributed by atoms with Crippen molar-refractivity contribution in [3.05, 3.63) is 94.3 Å². The Balaban J connectivity index is 1.08. The maximum Gasteiger partial charge on any atom is 0.416 e. The molecule has 5 rings (SSSR count). The number of halogens is 4. The van der Waals surface area contributed by atoms with E-state index < -0.39 is 23.5 Å². The number of carbonyl (C=O) groups excluding carboxylic acids is 1. The van der Waals surface area contributed by atoms with Crippen molar-refractivity contribution < 1.29 is 37.0 Å². The van der Waals surface area contributed by atoms with E-state index in [1.54, 1.807) is 18.2 Å². The minimum atomic E-state index is -4.38. The minimum Gasteiger partial charge on any atom is -0.487 e. The lowest BCUT2D eigenvalue weighted by atomic mass is 9.99. The van der Waals surface area contributed by atoms with Gasteiger partial charge in [-0.15, -0.1) is 0 Å². The number of rotatable bonds is 8. The molecule has 0 saturated carbocycles. The number of piperidine rings is 2. The molecule has 2 heterocycles. The summed E-state index contributed by atoms with van der Waals surface area (Å²) in [4.78, 5) is 28.5. The van der Waals surface area contributed by atoms with Gasteiger partial charge in [0.1, 0.15) is 6.10 Å². The molecule has 0 aliphatic carbocycles. The van der Waals surface area contributed by atoms with E-state index in [4.69, 9.17) is 4.74 Å². The van der Waals surface area contributed by atoms with Crippen LogP contribution in [0.15, 0.2) is 60.7 Å². The first-order valence-corrected chi connectivity index (χ1v) is 14.7. The predicted molar refractivity (Wildman–Crippen MR) is 158 cm³/mol. The zero-order chi connectivity index (χ0) is 31.4. The summed E-state index contributed by atoms with van der Waals surface area (Å²) < 4.78 is 59.4. The van der Waals surface area contributed by atoms with Crippen molar-refractivity contribution in [1.29, 1.82) is 0 Å². The van der Waals surface area contributed by atoms with E-state index in [0.29, 0.717) is 43.7 Å². The third-order valence-corrected chi connectivity index (χ3v) is 8.48. The molecule has 2 aliphatic rings. The van der Waals surface area contributed by atoms with Gasteiger partial charge in [-0.25, -0.2) is 9.18 Å². The van der Waals surface area contributed by atoms with Crippen molar-refractivity contribution in [3.8, 4) is 5.75 Å². The molecule has 234 valence electrons. The van der Waals surface area contributed by atoms with Crippen molar-refractivity contribution in [2.45, 2.75) is 57.5 Å². The molecule has 2 aliphatic heterocycles. The summed E-state index contributed by atoms with van der Waals surface area (Å²) in [5.74, 6) is -1.87. The summed E-state index contributed by atoms with van der Waals surface area (Å²) in [5.41, 5.74) is 2.24. The van der Waals surface area contributed by atoms with E-state index in [9.17, 15) is 32.3 Å². The molecule has 2 saturated heterocycles. The lowest BCUT2D eigenvalue weighted by molar-refractivity contribution is -0.137. The third-order valence-electron chi connectivity index (χ3n) is 8.48. The number of amides is 1. The highest BCUT2D eigenvalue weighted by Gasteiger charge is 2.31. The molecule has 3 aromatic rings. The van der Waals surface area contributed by atoms with Crippen LogP contribution in [-0.2, 0) is 12.7 Å². The van der Waals surface area contributed by atoms with Gasteiger partial charge < -0.3 is 20.1 Å². The SMILES string of the molecule is Cc1c(CN2CCC(NC(=O)c3ccc(OC4CCN(c5ccc(C(F)(F)F)cc5)CC4)c(F)c3)CC2)cccc1C(=O)O. The molecule has 0 aromatic heterocycles. The second kappa shape index (κ2) is 13.3. The number of ether oxygens (including phenoxy) is 1. The number of benzene rings is 3. The number of aromatic carboxylic acids is 1. The van der Waals surface area contributed by atoms with Gasteiger partial charge in [-0.05, 0) is 79.4 Å². The summed E-state index contributed by atoms with van der Waals surface area (Å²) in [6.45, 7) is 5.04. The number of nitrogens with one attached hydrogen (secondary N) is 1. The summed E-state index contributed by atoms with van der Waals surface area (Å²) in [7, 11) is 0. The fourth-order valence-electron chi connectivity index (χ4n) is 5.84. The van der Waals surface area contributed by atoms with Crippen LogP contribution >= 0.6 is 0 Å². The summed E-state index contributed by atoms with van der Waals surface area (Å²) in [5, 5.41) is 12.4. The van der Waals surface area contributed by atoms with Gasteiger partial charge in [0.05, 0.1) is 11.1 Å². The van der Waals surface area contributed by atoms with Crippen LogP contribution in [0.2, 0.25) is 0 Å². The highest BCUT2D eigenvalue weighted by molar-refractivity contribution is 5.94. The van der Waals surface area contributed by atoms with Crippen LogP contribution in [0.1, 0.15) is 63.1 Å². The highest BCUT2D eigenvalue weighted by Crippen LogP contribution is 2.32. The Morgan fingerprint density at radius 3 is 2.25 bits per heavy atom. The fourth-order valence-corrected chi connectivity index (χ4v) is 5.84. The summed E-state index contributed by atoms with van der Waals surface area (Å²) >= 11 is 0. The van der Waals surface area contributed by atoms with Crippen molar-refractivity contribution in [2.24, 2.45) is 0 Å². The van der Waals surface area contributed by atoms with Gasteiger partial charge >= 0.3 is 12.1 Å². The van der Waals surface area contributed by atoms with Crippen LogP contribution in [-0.4, -0.2) is 60.2 Å². The second-order valence-electron chi connectivity index (χ2n) is 11.4. The Morgan fingerprint density at radius 2 is 1.64 bits per heavy atom. The van der Waals surface area contributed by atoms with E-state index in [0.717, 1.165) is 49.2 Å².